The Bertz CT molecular complexity index is 365. The van der Waals surface area contributed by atoms with Crippen LogP contribution in [0.5, 0.6) is 0 Å². The van der Waals surface area contributed by atoms with E-state index in [1.807, 2.05) is 24.4 Å². The first-order valence-electron chi connectivity index (χ1n) is 5.29. The van der Waals surface area contributed by atoms with E-state index in [4.69, 9.17) is 5.11 Å². The van der Waals surface area contributed by atoms with Gasteiger partial charge in [0.25, 0.3) is 0 Å². The number of hydrogen-bond donors (Lipinski definition) is 1. The second-order valence-electron chi connectivity index (χ2n) is 3.34. The SMILES string of the molecule is CCN(CCC(=O)O)C(=O)CSc1cccs1. The van der Waals surface area contributed by atoms with Crippen molar-refractivity contribution in [3.8, 4) is 0 Å². The van der Waals surface area contributed by atoms with E-state index < -0.39 is 5.97 Å². The van der Waals surface area contributed by atoms with Crippen molar-refractivity contribution in [1.29, 1.82) is 0 Å². The van der Waals surface area contributed by atoms with Crippen LogP contribution in [0.3, 0.4) is 0 Å². The molecular formula is C11H15NO3S2. The average Bonchev–Trinajstić information content (AvgIpc) is 2.79. The van der Waals surface area contributed by atoms with Gasteiger partial charge in [0.1, 0.15) is 0 Å². The number of thioether (sulfide) groups is 1. The topological polar surface area (TPSA) is 57.6 Å². The largest absolute Gasteiger partial charge is 0.481 e. The fraction of sp³-hybridized carbons (Fsp3) is 0.455. The Hall–Kier alpha value is -1.01. The van der Waals surface area contributed by atoms with Gasteiger partial charge in [0.05, 0.1) is 16.4 Å². The van der Waals surface area contributed by atoms with Crippen molar-refractivity contribution in [2.75, 3.05) is 18.8 Å². The quantitative estimate of drug-likeness (QED) is 0.773. The first-order chi connectivity index (χ1) is 8.13. The minimum Gasteiger partial charge on any atom is -0.481 e. The Morgan fingerprint density at radius 2 is 2.29 bits per heavy atom. The van der Waals surface area contributed by atoms with Crippen LogP contribution in [0.1, 0.15) is 13.3 Å². The zero-order valence-electron chi connectivity index (χ0n) is 9.59. The lowest BCUT2D eigenvalue weighted by atomic mass is 10.4. The Labute approximate surface area is 109 Å². The Kier molecular flexibility index (Phi) is 6.07. The van der Waals surface area contributed by atoms with Crippen LogP contribution in [0.25, 0.3) is 0 Å². The van der Waals surface area contributed by atoms with Crippen LogP contribution in [-0.2, 0) is 9.59 Å². The summed E-state index contributed by atoms with van der Waals surface area (Å²) in [5.41, 5.74) is 0. The number of carbonyl (C=O) groups is 2. The number of rotatable bonds is 7. The third kappa shape index (κ3) is 5.23. The van der Waals surface area contributed by atoms with Crippen molar-refractivity contribution in [2.45, 2.75) is 17.6 Å². The molecule has 0 aliphatic carbocycles. The lowest BCUT2D eigenvalue weighted by Gasteiger charge is -2.19. The van der Waals surface area contributed by atoms with Gasteiger partial charge in [-0.2, -0.15) is 0 Å². The molecule has 1 rings (SSSR count). The summed E-state index contributed by atoms with van der Waals surface area (Å²) in [6, 6.07) is 3.91. The average molecular weight is 273 g/mol. The highest BCUT2D eigenvalue weighted by molar-refractivity contribution is 8.01. The molecule has 0 radical (unpaired) electrons. The maximum Gasteiger partial charge on any atom is 0.305 e. The first-order valence-corrected chi connectivity index (χ1v) is 7.16. The van der Waals surface area contributed by atoms with E-state index in [1.54, 1.807) is 16.2 Å². The highest BCUT2D eigenvalue weighted by Gasteiger charge is 2.13. The molecule has 1 aromatic rings. The van der Waals surface area contributed by atoms with E-state index in [0.717, 1.165) is 4.21 Å². The zero-order chi connectivity index (χ0) is 12.7. The number of nitrogens with zero attached hydrogens (tertiary/aromatic N) is 1. The molecule has 0 spiro atoms. The smallest absolute Gasteiger partial charge is 0.305 e. The number of carbonyl (C=O) groups excluding carboxylic acids is 1. The molecule has 1 N–H and O–H groups in total. The predicted molar refractivity (Wildman–Crippen MR) is 69.5 cm³/mol. The Balaban J connectivity index is 2.35. The number of amides is 1. The summed E-state index contributed by atoms with van der Waals surface area (Å²) < 4.78 is 1.10. The van der Waals surface area contributed by atoms with E-state index >= 15 is 0 Å². The molecule has 0 saturated heterocycles. The molecule has 1 heterocycles. The maximum atomic E-state index is 11.8. The number of carboxylic acid groups (broad SMARTS) is 1. The first kappa shape index (κ1) is 14.1. The van der Waals surface area contributed by atoms with Crippen LogP contribution >= 0.6 is 23.1 Å². The summed E-state index contributed by atoms with van der Waals surface area (Å²) in [6.45, 7) is 2.70. The Morgan fingerprint density at radius 3 is 2.82 bits per heavy atom. The molecule has 0 aliphatic rings. The maximum absolute atomic E-state index is 11.8. The van der Waals surface area contributed by atoms with Crippen LogP contribution in [-0.4, -0.2) is 40.7 Å². The van der Waals surface area contributed by atoms with Crippen molar-refractivity contribution >= 4 is 35.0 Å². The minimum atomic E-state index is -0.873. The van der Waals surface area contributed by atoms with Crippen molar-refractivity contribution in [1.82, 2.24) is 4.90 Å². The van der Waals surface area contributed by atoms with Crippen molar-refractivity contribution in [2.24, 2.45) is 0 Å². The molecule has 0 unspecified atom stereocenters. The van der Waals surface area contributed by atoms with Crippen LogP contribution in [0.2, 0.25) is 0 Å². The van der Waals surface area contributed by atoms with Gasteiger partial charge in [0.15, 0.2) is 0 Å². The summed E-state index contributed by atoms with van der Waals surface area (Å²) in [6.07, 6.45) is 0.00322. The van der Waals surface area contributed by atoms with Crippen molar-refractivity contribution < 1.29 is 14.7 Å². The normalized spacial score (nSPS) is 10.2. The van der Waals surface area contributed by atoms with E-state index in [9.17, 15) is 9.59 Å². The molecule has 0 aliphatic heterocycles. The highest BCUT2D eigenvalue weighted by Crippen LogP contribution is 2.23. The van der Waals surface area contributed by atoms with Gasteiger partial charge >= 0.3 is 5.97 Å². The number of carboxylic acids is 1. The van der Waals surface area contributed by atoms with Gasteiger partial charge in [0.2, 0.25) is 5.91 Å². The molecular weight excluding hydrogens is 258 g/mol. The molecule has 0 saturated carbocycles. The van der Waals surface area contributed by atoms with E-state index in [0.29, 0.717) is 12.3 Å². The molecule has 0 aromatic carbocycles. The zero-order valence-corrected chi connectivity index (χ0v) is 11.2. The number of thiophene rings is 1. The predicted octanol–water partition coefficient (Wildman–Crippen LogP) is 2.16. The monoisotopic (exact) mass is 273 g/mol. The summed E-state index contributed by atoms with van der Waals surface area (Å²) in [5.74, 6) is -0.511. The van der Waals surface area contributed by atoms with Crippen LogP contribution in [0, 0.1) is 0 Å². The van der Waals surface area contributed by atoms with E-state index in [1.165, 1.54) is 11.8 Å². The fourth-order valence-electron chi connectivity index (χ4n) is 1.26. The lowest BCUT2D eigenvalue weighted by Crippen LogP contribution is -2.34. The van der Waals surface area contributed by atoms with Gasteiger partial charge in [-0.3, -0.25) is 9.59 Å². The summed E-state index contributed by atoms with van der Waals surface area (Å²) in [7, 11) is 0. The molecule has 6 heteroatoms. The molecule has 17 heavy (non-hydrogen) atoms. The summed E-state index contributed by atoms with van der Waals surface area (Å²) >= 11 is 3.09. The van der Waals surface area contributed by atoms with Gasteiger partial charge in [-0.05, 0) is 18.4 Å². The molecule has 94 valence electrons. The second kappa shape index (κ2) is 7.34. The molecule has 4 nitrogen and oxygen atoms in total. The van der Waals surface area contributed by atoms with Crippen molar-refractivity contribution in [3.05, 3.63) is 17.5 Å². The Morgan fingerprint density at radius 1 is 1.53 bits per heavy atom. The lowest BCUT2D eigenvalue weighted by molar-refractivity contribution is -0.138. The van der Waals surface area contributed by atoms with Gasteiger partial charge in [-0.1, -0.05) is 6.07 Å². The molecule has 1 aromatic heterocycles. The minimum absolute atomic E-state index is 0.00322. The summed E-state index contributed by atoms with van der Waals surface area (Å²) in [4.78, 5) is 23.8. The second-order valence-corrected chi connectivity index (χ2v) is 5.56. The number of hydrogen-bond acceptors (Lipinski definition) is 4. The van der Waals surface area contributed by atoms with Gasteiger partial charge < -0.3 is 10.0 Å². The van der Waals surface area contributed by atoms with E-state index in [-0.39, 0.29) is 18.9 Å². The standard InChI is InChI=1S/C11H15NO3S2/c1-2-12(6-5-10(14)15)9(13)8-17-11-4-3-7-16-11/h3-4,7H,2,5-6,8H2,1H3,(H,14,15). The number of aliphatic carboxylic acids is 1. The van der Waals surface area contributed by atoms with Crippen molar-refractivity contribution in [3.63, 3.8) is 0 Å². The third-order valence-corrected chi connectivity index (χ3v) is 4.28. The van der Waals surface area contributed by atoms with Crippen LogP contribution < -0.4 is 0 Å². The van der Waals surface area contributed by atoms with Crippen LogP contribution in [0.4, 0.5) is 0 Å². The molecule has 0 fully saturated rings. The van der Waals surface area contributed by atoms with Gasteiger partial charge in [-0.25, -0.2) is 0 Å². The van der Waals surface area contributed by atoms with Crippen LogP contribution in [0.15, 0.2) is 21.7 Å². The third-order valence-electron chi connectivity index (χ3n) is 2.16. The van der Waals surface area contributed by atoms with E-state index in [2.05, 4.69) is 0 Å². The molecule has 1 amide bonds. The fourth-order valence-corrected chi connectivity index (χ4v) is 2.95. The highest BCUT2D eigenvalue weighted by atomic mass is 32.2. The molecule has 0 bridgehead atoms. The van der Waals surface area contributed by atoms with Gasteiger partial charge in [0, 0.05) is 13.1 Å². The van der Waals surface area contributed by atoms with Gasteiger partial charge in [-0.15, -0.1) is 23.1 Å². The molecule has 0 atom stereocenters. The summed E-state index contributed by atoms with van der Waals surface area (Å²) in [5, 5.41) is 10.5.